The average Bonchev–Trinajstić information content (AvgIpc) is 2.24. The molecule has 1 atom stereocenters. The number of urea groups is 1. The molecule has 0 aliphatic rings. The summed E-state index contributed by atoms with van der Waals surface area (Å²) in [6.45, 7) is 3.33. The minimum absolute atomic E-state index is 0.0532. The highest BCUT2D eigenvalue weighted by molar-refractivity contribution is 5.74. The quantitative estimate of drug-likeness (QED) is 0.519. The first kappa shape index (κ1) is 14.2. The number of carbonyl (C=O) groups is 1. The van der Waals surface area contributed by atoms with Gasteiger partial charge in [-0.15, -0.1) is 0 Å². The third kappa shape index (κ3) is 8.20. The maximum absolute atomic E-state index is 11.3. The lowest BCUT2D eigenvalue weighted by Crippen LogP contribution is -2.42. The Hall–Kier alpha value is -0.810. The number of nitrogens with one attached hydrogen (secondary N) is 2. The molecule has 0 aromatic rings. The van der Waals surface area contributed by atoms with Gasteiger partial charge >= 0.3 is 6.03 Å². The van der Waals surface area contributed by atoms with Crippen molar-refractivity contribution in [3.8, 4) is 0 Å². The van der Waals surface area contributed by atoms with Gasteiger partial charge in [0.15, 0.2) is 0 Å². The highest BCUT2D eigenvalue weighted by Gasteiger charge is 2.08. The maximum atomic E-state index is 11.3. The Bertz CT molecular complexity index is 165. The third-order valence-corrected chi connectivity index (χ3v) is 2.12. The number of methoxy groups -OCH3 is 1. The SMILES string of the molecule is CCC(CCO)NC(=O)NCCCOC. The first-order valence-corrected chi connectivity index (χ1v) is 5.38. The highest BCUT2D eigenvalue weighted by atomic mass is 16.5. The molecule has 2 amide bonds. The molecule has 0 radical (unpaired) electrons. The Kier molecular flexibility index (Phi) is 9.21. The predicted octanol–water partition coefficient (Wildman–Crippen LogP) is 0.483. The number of amides is 2. The molecule has 0 aliphatic carbocycles. The van der Waals surface area contributed by atoms with E-state index in [-0.39, 0.29) is 18.7 Å². The van der Waals surface area contributed by atoms with Gasteiger partial charge in [-0.2, -0.15) is 0 Å². The van der Waals surface area contributed by atoms with E-state index in [0.717, 1.165) is 12.8 Å². The normalized spacial score (nSPS) is 12.2. The van der Waals surface area contributed by atoms with Crippen molar-refractivity contribution in [2.75, 3.05) is 26.9 Å². The molecule has 90 valence electrons. The molecule has 15 heavy (non-hydrogen) atoms. The Labute approximate surface area is 91.2 Å². The van der Waals surface area contributed by atoms with Crippen LogP contribution in [0.4, 0.5) is 4.79 Å². The standard InChI is InChI=1S/C10H22N2O3/c1-3-9(5-7-13)12-10(14)11-6-4-8-15-2/h9,13H,3-8H2,1-2H3,(H2,11,12,14). The first-order valence-electron chi connectivity index (χ1n) is 5.38. The zero-order valence-corrected chi connectivity index (χ0v) is 9.58. The summed E-state index contributed by atoms with van der Waals surface area (Å²) in [6.07, 6.45) is 2.23. The number of carbonyl (C=O) groups excluding carboxylic acids is 1. The van der Waals surface area contributed by atoms with Gasteiger partial charge in [0.05, 0.1) is 0 Å². The van der Waals surface area contributed by atoms with Crippen LogP contribution in [0.25, 0.3) is 0 Å². The smallest absolute Gasteiger partial charge is 0.315 e. The van der Waals surface area contributed by atoms with Gasteiger partial charge in [-0.3, -0.25) is 0 Å². The number of aliphatic hydroxyl groups excluding tert-OH is 1. The van der Waals surface area contributed by atoms with Crippen molar-refractivity contribution in [1.29, 1.82) is 0 Å². The summed E-state index contributed by atoms with van der Waals surface area (Å²) < 4.78 is 4.86. The Morgan fingerprint density at radius 1 is 1.53 bits per heavy atom. The van der Waals surface area contributed by atoms with Crippen LogP contribution in [0.3, 0.4) is 0 Å². The van der Waals surface area contributed by atoms with Gasteiger partial charge in [0.1, 0.15) is 0 Å². The lowest BCUT2D eigenvalue weighted by molar-refractivity contribution is 0.193. The molecule has 1 unspecified atom stereocenters. The zero-order chi connectivity index (χ0) is 11.5. The van der Waals surface area contributed by atoms with E-state index in [4.69, 9.17) is 9.84 Å². The van der Waals surface area contributed by atoms with E-state index < -0.39 is 0 Å². The lowest BCUT2D eigenvalue weighted by atomic mass is 10.2. The van der Waals surface area contributed by atoms with Crippen LogP contribution in [-0.4, -0.2) is 44.0 Å². The minimum atomic E-state index is -0.175. The molecule has 0 bridgehead atoms. The molecule has 5 heteroatoms. The molecule has 0 saturated carbocycles. The van der Waals surface area contributed by atoms with E-state index in [1.165, 1.54) is 0 Å². The summed E-state index contributed by atoms with van der Waals surface area (Å²) in [5.41, 5.74) is 0. The van der Waals surface area contributed by atoms with Crippen molar-refractivity contribution in [2.24, 2.45) is 0 Å². The van der Waals surface area contributed by atoms with Crippen LogP contribution in [0.1, 0.15) is 26.2 Å². The second-order valence-electron chi connectivity index (χ2n) is 3.36. The molecule has 0 fully saturated rings. The van der Waals surface area contributed by atoms with Gasteiger partial charge in [0.25, 0.3) is 0 Å². The van der Waals surface area contributed by atoms with E-state index in [1.807, 2.05) is 6.92 Å². The van der Waals surface area contributed by atoms with Gasteiger partial charge in [-0.05, 0) is 19.3 Å². The first-order chi connectivity index (χ1) is 7.24. The number of hydrogen-bond donors (Lipinski definition) is 3. The van der Waals surface area contributed by atoms with Gasteiger partial charge in [-0.1, -0.05) is 6.92 Å². The molecule has 0 spiro atoms. The molecule has 0 saturated heterocycles. The molecule has 0 aromatic carbocycles. The number of aliphatic hydroxyl groups is 1. The fourth-order valence-electron chi connectivity index (χ4n) is 1.19. The zero-order valence-electron chi connectivity index (χ0n) is 9.58. The van der Waals surface area contributed by atoms with E-state index in [0.29, 0.717) is 19.6 Å². The summed E-state index contributed by atoms with van der Waals surface area (Å²) in [5.74, 6) is 0. The summed E-state index contributed by atoms with van der Waals surface area (Å²) in [6, 6.07) is -0.121. The second-order valence-corrected chi connectivity index (χ2v) is 3.36. The summed E-state index contributed by atoms with van der Waals surface area (Å²) >= 11 is 0. The van der Waals surface area contributed by atoms with E-state index >= 15 is 0 Å². The van der Waals surface area contributed by atoms with Crippen molar-refractivity contribution in [2.45, 2.75) is 32.2 Å². The van der Waals surface area contributed by atoms with Gasteiger partial charge in [0, 0.05) is 32.9 Å². The number of ether oxygens (including phenoxy) is 1. The molecule has 0 aliphatic heterocycles. The molecule has 0 aromatic heterocycles. The third-order valence-electron chi connectivity index (χ3n) is 2.12. The lowest BCUT2D eigenvalue weighted by Gasteiger charge is -2.16. The van der Waals surface area contributed by atoms with Crippen molar-refractivity contribution < 1.29 is 14.6 Å². The van der Waals surface area contributed by atoms with Crippen molar-refractivity contribution in [3.05, 3.63) is 0 Å². The summed E-state index contributed by atoms with van der Waals surface area (Å²) in [7, 11) is 1.63. The Morgan fingerprint density at radius 3 is 2.80 bits per heavy atom. The largest absolute Gasteiger partial charge is 0.396 e. The summed E-state index contributed by atoms with van der Waals surface area (Å²) in [4.78, 5) is 11.3. The molecule has 0 heterocycles. The molecule has 5 nitrogen and oxygen atoms in total. The topological polar surface area (TPSA) is 70.6 Å². The highest BCUT2D eigenvalue weighted by Crippen LogP contribution is 1.95. The second kappa shape index (κ2) is 9.73. The maximum Gasteiger partial charge on any atom is 0.315 e. The summed E-state index contributed by atoms with van der Waals surface area (Å²) in [5, 5.41) is 14.3. The Morgan fingerprint density at radius 2 is 2.27 bits per heavy atom. The fourth-order valence-corrected chi connectivity index (χ4v) is 1.19. The van der Waals surface area contributed by atoms with Crippen LogP contribution in [-0.2, 0) is 4.74 Å². The molecule has 3 N–H and O–H groups in total. The monoisotopic (exact) mass is 218 g/mol. The van der Waals surface area contributed by atoms with Gasteiger partial charge < -0.3 is 20.5 Å². The minimum Gasteiger partial charge on any atom is -0.396 e. The van der Waals surface area contributed by atoms with Gasteiger partial charge in [0.2, 0.25) is 0 Å². The van der Waals surface area contributed by atoms with E-state index in [9.17, 15) is 4.79 Å². The molecular formula is C10H22N2O3. The van der Waals surface area contributed by atoms with Crippen LogP contribution in [0.15, 0.2) is 0 Å². The van der Waals surface area contributed by atoms with Crippen LogP contribution in [0.2, 0.25) is 0 Å². The van der Waals surface area contributed by atoms with E-state index in [1.54, 1.807) is 7.11 Å². The molecular weight excluding hydrogens is 196 g/mol. The number of hydrogen-bond acceptors (Lipinski definition) is 3. The predicted molar refractivity (Wildman–Crippen MR) is 58.8 cm³/mol. The average molecular weight is 218 g/mol. The van der Waals surface area contributed by atoms with Crippen LogP contribution in [0, 0.1) is 0 Å². The fraction of sp³-hybridized carbons (Fsp3) is 0.900. The van der Waals surface area contributed by atoms with Crippen molar-refractivity contribution >= 4 is 6.03 Å². The van der Waals surface area contributed by atoms with Crippen LogP contribution in [0.5, 0.6) is 0 Å². The van der Waals surface area contributed by atoms with Crippen molar-refractivity contribution in [1.82, 2.24) is 10.6 Å². The number of rotatable bonds is 8. The molecule has 0 rings (SSSR count). The van der Waals surface area contributed by atoms with E-state index in [2.05, 4.69) is 10.6 Å². The van der Waals surface area contributed by atoms with Crippen LogP contribution >= 0.6 is 0 Å². The van der Waals surface area contributed by atoms with Crippen LogP contribution < -0.4 is 10.6 Å². The van der Waals surface area contributed by atoms with Gasteiger partial charge in [-0.25, -0.2) is 4.79 Å². The van der Waals surface area contributed by atoms with Crippen molar-refractivity contribution in [3.63, 3.8) is 0 Å². The Balaban J connectivity index is 3.52.